The van der Waals surface area contributed by atoms with Gasteiger partial charge in [0.25, 0.3) is 5.91 Å². The second kappa shape index (κ2) is 9.71. The highest BCUT2D eigenvalue weighted by Crippen LogP contribution is 2.36. The third-order valence-corrected chi connectivity index (χ3v) is 8.54. The molecule has 2 aliphatic rings. The number of carbonyl (C=O) groups is 1. The van der Waals surface area contributed by atoms with E-state index >= 15 is 0 Å². The minimum atomic E-state index is -3.72. The van der Waals surface area contributed by atoms with E-state index in [1.54, 1.807) is 17.0 Å². The number of carbonyl (C=O) groups excluding carboxylic acids is 1. The van der Waals surface area contributed by atoms with Gasteiger partial charge in [0.15, 0.2) is 5.17 Å². The average Bonchev–Trinajstić information content (AvgIpc) is 2.89. The molecule has 1 saturated heterocycles. The first-order valence-corrected chi connectivity index (χ1v) is 13.3. The Hall–Kier alpha value is -2.98. The molecule has 0 unspecified atom stereocenters. The average molecular weight is 494 g/mol. The number of hydrogen-bond donors (Lipinski definition) is 0. The van der Waals surface area contributed by atoms with Crippen LogP contribution in [0.3, 0.4) is 0 Å². The summed E-state index contributed by atoms with van der Waals surface area (Å²) in [6, 6.07) is 23.4. The van der Waals surface area contributed by atoms with Crippen LogP contribution in [0, 0.1) is 0 Å². The van der Waals surface area contributed by atoms with E-state index in [0.29, 0.717) is 37.2 Å². The normalized spacial score (nSPS) is 18.0. The molecule has 0 radical (unpaired) electrons. The van der Waals surface area contributed by atoms with E-state index < -0.39 is 10.0 Å². The van der Waals surface area contributed by atoms with Gasteiger partial charge in [0.2, 0.25) is 10.0 Å². The fourth-order valence-electron chi connectivity index (χ4n) is 3.91. The van der Waals surface area contributed by atoms with Gasteiger partial charge in [-0.3, -0.25) is 9.69 Å². The van der Waals surface area contributed by atoms with Crippen LogP contribution in [0.5, 0.6) is 0 Å². The third kappa shape index (κ3) is 4.52. The number of ether oxygens (including phenoxy) is 1. The first-order chi connectivity index (χ1) is 16.5. The molecular weight excluding hydrogens is 470 g/mol. The number of nitrogens with zero attached hydrogens (tertiary/aromatic N) is 3. The molecule has 2 heterocycles. The van der Waals surface area contributed by atoms with E-state index in [2.05, 4.69) is 0 Å². The largest absolute Gasteiger partial charge is 0.379 e. The fourth-order valence-corrected chi connectivity index (χ4v) is 6.37. The second-order valence-corrected chi connectivity index (χ2v) is 10.7. The number of para-hydroxylation sites is 2. The topological polar surface area (TPSA) is 79.3 Å². The molecule has 1 amide bonds. The highest BCUT2D eigenvalue weighted by molar-refractivity contribution is 8.13. The Balaban J connectivity index is 1.54. The van der Waals surface area contributed by atoms with Crippen LogP contribution in [-0.4, -0.2) is 50.1 Å². The van der Waals surface area contributed by atoms with Crippen molar-refractivity contribution in [3.05, 3.63) is 90.0 Å². The molecule has 3 aromatic rings. The van der Waals surface area contributed by atoms with Crippen molar-refractivity contribution in [3.8, 4) is 0 Å². The standard InChI is InChI=1S/C25H23N3O4S2/c29-24(19-8-6-11-22(17-19)34(30,31)27-13-15-32-16-14-27)28-23-12-5-4-7-20(23)18-33-25(28)26-21-9-2-1-3-10-21/h1-12,17H,13-16,18H2. The number of thioether (sulfide) groups is 1. The molecule has 0 N–H and O–H groups in total. The number of anilines is 1. The molecule has 5 rings (SSSR count). The Morgan fingerprint density at radius 2 is 1.65 bits per heavy atom. The predicted molar refractivity (Wildman–Crippen MR) is 134 cm³/mol. The zero-order valence-corrected chi connectivity index (χ0v) is 20.0. The Morgan fingerprint density at radius 1 is 0.912 bits per heavy atom. The van der Waals surface area contributed by atoms with Crippen LogP contribution in [0.25, 0.3) is 0 Å². The van der Waals surface area contributed by atoms with Crippen LogP contribution in [0.4, 0.5) is 11.4 Å². The molecule has 0 saturated carbocycles. The lowest BCUT2D eigenvalue weighted by molar-refractivity contribution is 0.0730. The summed E-state index contributed by atoms with van der Waals surface area (Å²) in [6.07, 6.45) is 0. The van der Waals surface area contributed by atoms with Crippen LogP contribution < -0.4 is 4.90 Å². The molecule has 0 atom stereocenters. The van der Waals surface area contributed by atoms with Gasteiger partial charge >= 0.3 is 0 Å². The van der Waals surface area contributed by atoms with E-state index in [-0.39, 0.29) is 16.4 Å². The number of amidine groups is 1. The van der Waals surface area contributed by atoms with Gasteiger partial charge in [-0.25, -0.2) is 13.4 Å². The van der Waals surface area contributed by atoms with E-state index in [1.165, 1.54) is 28.2 Å². The fraction of sp³-hybridized carbons (Fsp3) is 0.200. The molecule has 3 aromatic carbocycles. The summed E-state index contributed by atoms with van der Waals surface area (Å²) in [4.78, 5) is 20.2. The van der Waals surface area contributed by atoms with Crippen LogP contribution in [0.2, 0.25) is 0 Å². The van der Waals surface area contributed by atoms with Gasteiger partial charge in [0.1, 0.15) is 0 Å². The van der Waals surface area contributed by atoms with E-state index in [4.69, 9.17) is 9.73 Å². The second-order valence-electron chi connectivity index (χ2n) is 7.83. The Morgan fingerprint density at radius 3 is 2.44 bits per heavy atom. The number of aliphatic imine (C=N–C) groups is 1. The van der Waals surface area contributed by atoms with Crippen molar-refractivity contribution in [3.63, 3.8) is 0 Å². The molecule has 0 aliphatic carbocycles. The molecule has 0 aromatic heterocycles. The Labute approximate surface area is 203 Å². The van der Waals surface area contributed by atoms with E-state index in [0.717, 1.165) is 16.9 Å². The highest BCUT2D eigenvalue weighted by atomic mass is 32.2. The zero-order valence-electron chi connectivity index (χ0n) is 18.3. The number of morpholine rings is 1. The zero-order chi connectivity index (χ0) is 23.5. The van der Waals surface area contributed by atoms with Crippen LogP contribution >= 0.6 is 11.8 Å². The first-order valence-electron chi connectivity index (χ1n) is 10.9. The van der Waals surface area contributed by atoms with Crippen molar-refractivity contribution in [2.24, 2.45) is 4.99 Å². The molecule has 9 heteroatoms. The minimum Gasteiger partial charge on any atom is -0.379 e. The maximum Gasteiger partial charge on any atom is 0.264 e. The van der Waals surface area contributed by atoms with E-state index in [9.17, 15) is 13.2 Å². The molecule has 174 valence electrons. The summed E-state index contributed by atoms with van der Waals surface area (Å²) in [5.41, 5.74) is 2.80. The summed E-state index contributed by atoms with van der Waals surface area (Å²) in [6.45, 7) is 1.31. The molecular formula is C25H23N3O4S2. The van der Waals surface area contributed by atoms with Crippen molar-refractivity contribution >= 4 is 44.2 Å². The summed E-state index contributed by atoms with van der Waals surface area (Å²) < 4.78 is 33.0. The number of benzene rings is 3. The molecule has 1 fully saturated rings. The van der Waals surface area contributed by atoms with Gasteiger partial charge in [-0.15, -0.1) is 0 Å². The lowest BCUT2D eigenvalue weighted by Crippen LogP contribution is -2.41. The van der Waals surface area contributed by atoms with Crippen molar-refractivity contribution in [1.29, 1.82) is 0 Å². The lowest BCUT2D eigenvalue weighted by atomic mass is 10.1. The highest BCUT2D eigenvalue weighted by Gasteiger charge is 2.31. The smallest absolute Gasteiger partial charge is 0.264 e. The van der Waals surface area contributed by atoms with Gasteiger partial charge in [0.05, 0.1) is 29.5 Å². The van der Waals surface area contributed by atoms with Crippen molar-refractivity contribution in [2.75, 3.05) is 31.2 Å². The maximum atomic E-state index is 13.8. The first kappa shape index (κ1) is 22.8. The number of amides is 1. The van der Waals surface area contributed by atoms with Crippen molar-refractivity contribution in [2.45, 2.75) is 10.6 Å². The quantitative estimate of drug-likeness (QED) is 0.542. The van der Waals surface area contributed by atoms with Gasteiger partial charge < -0.3 is 4.74 Å². The van der Waals surface area contributed by atoms with E-state index in [1.807, 2.05) is 54.6 Å². The van der Waals surface area contributed by atoms with Crippen molar-refractivity contribution in [1.82, 2.24) is 4.31 Å². The number of hydrogen-bond acceptors (Lipinski definition) is 6. The van der Waals surface area contributed by atoms with Crippen LogP contribution in [0.1, 0.15) is 15.9 Å². The molecule has 34 heavy (non-hydrogen) atoms. The van der Waals surface area contributed by atoms with Crippen LogP contribution in [-0.2, 0) is 20.5 Å². The molecule has 0 spiro atoms. The van der Waals surface area contributed by atoms with Gasteiger partial charge in [-0.05, 0) is 42.0 Å². The third-order valence-electron chi connectivity index (χ3n) is 5.65. The van der Waals surface area contributed by atoms with Gasteiger partial charge in [0, 0.05) is 24.4 Å². The lowest BCUT2D eigenvalue weighted by Gasteiger charge is -2.30. The summed E-state index contributed by atoms with van der Waals surface area (Å²) >= 11 is 1.48. The Kier molecular flexibility index (Phi) is 6.51. The number of rotatable bonds is 4. The Bertz CT molecular complexity index is 1340. The summed E-state index contributed by atoms with van der Waals surface area (Å²) in [5.74, 6) is 0.366. The molecule has 0 bridgehead atoms. The minimum absolute atomic E-state index is 0.0970. The number of sulfonamides is 1. The maximum absolute atomic E-state index is 13.8. The molecule has 2 aliphatic heterocycles. The predicted octanol–water partition coefficient (Wildman–Crippen LogP) is 4.29. The van der Waals surface area contributed by atoms with Crippen LogP contribution in [0.15, 0.2) is 88.8 Å². The van der Waals surface area contributed by atoms with Gasteiger partial charge in [-0.2, -0.15) is 4.31 Å². The van der Waals surface area contributed by atoms with Gasteiger partial charge in [-0.1, -0.05) is 54.2 Å². The number of fused-ring (bicyclic) bond motifs is 1. The summed E-state index contributed by atoms with van der Waals surface area (Å²) in [7, 11) is -3.72. The summed E-state index contributed by atoms with van der Waals surface area (Å²) in [5, 5.41) is 0.552. The monoisotopic (exact) mass is 493 g/mol. The van der Waals surface area contributed by atoms with Crippen molar-refractivity contribution < 1.29 is 17.9 Å². The molecule has 7 nitrogen and oxygen atoms in total. The SMILES string of the molecule is O=C(c1cccc(S(=O)(=O)N2CCOCC2)c1)N1C(=Nc2ccccc2)SCc2ccccc21.